The van der Waals surface area contributed by atoms with Crippen molar-refractivity contribution in [3.05, 3.63) is 11.9 Å². The smallest absolute Gasteiger partial charge is 0.203 e. The van der Waals surface area contributed by atoms with Gasteiger partial charge in [-0.3, -0.25) is 0 Å². The number of imidazole rings is 1. The average molecular weight is 297 g/mol. The fourth-order valence-electron chi connectivity index (χ4n) is 3.45. The zero-order chi connectivity index (χ0) is 14.4. The van der Waals surface area contributed by atoms with Crippen LogP contribution in [0, 0.1) is 6.92 Å². The molecule has 1 saturated heterocycles. The maximum absolute atomic E-state index is 11.7. The largest absolute Gasteiger partial charge is 0.349 e. The van der Waals surface area contributed by atoms with Gasteiger partial charge in [-0.15, -0.1) is 0 Å². The lowest BCUT2D eigenvalue weighted by atomic mass is 10.0. The molecule has 0 spiro atoms. The summed E-state index contributed by atoms with van der Waals surface area (Å²) in [4.78, 5) is 4.57. The summed E-state index contributed by atoms with van der Waals surface area (Å²) in [5.41, 5.74) is 0.608. The molecule has 1 unspecified atom stereocenters. The molecule has 0 aromatic carbocycles. The van der Waals surface area contributed by atoms with Crippen molar-refractivity contribution in [1.82, 2.24) is 9.55 Å². The summed E-state index contributed by atoms with van der Waals surface area (Å²) in [6.07, 6.45) is 7.68. The van der Waals surface area contributed by atoms with Crippen molar-refractivity contribution in [2.24, 2.45) is 0 Å². The van der Waals surface area contributed by atoms with Crippen molar-refractivity contribution in [1.29, 1.82) is 0 Å². The average Bonchev–Trinajstić information content (AvgIpc) is 3.00. The molecule has 20 heavy (non-hydrogen) atoms. The first-order chi connectivity index (χ1) is 9.37. The van der Waals surface area contributed by atoms with E-state index in [-0.39, 0.29) is 17.0 Å². The van der Waals surface area contributed by atoms with Gasteiger partial charge in [-0.2, -0.15) is 0 Å². The van der Waals surface area contributed by atoms with Gasteiger partial charge in [-0.05, 0) is 33.1 Å². The minimum Gasteiger partial charge on any atom is -0.349 e. The molecule has 2 aliphatic rings. The number of rotatable bonds is 3. The standard InChI is InChI=1S/C14H23N3O2S/c1-11-9-17(12-5-3-4-6-12)13(15-11)16-14(2)7-8-20(18,19)10-14/h9,12H,3-8,10H2,1-2H3,(H,15,16). The molecule has 1 N–H and O–H groups in total. The lowest BCUT2D eigenvalue weighted by Crippen LogP contribution is -2.37. The zero-order valence-corrected chi connectivity index (χ0v) is 13.0. The number of hydrogen-bond donors (Lipinski definition) is 1. The molecule has 2 heterocycles. The van der Waals surface area contributed by atoms with Crippen LogP contribution in [-0.2, 0) is 9.84 Å². The molecule has 0 amide bonds. The van der Waals surface area contributed by atoms with Gasteiger partial charge in [0, 0.05) is 12.2 Å². The Morgan fingerprint density at radius 2 is 2.10 bits per heavy atom. The van der Waals surface area contributed by atoms with Crippen LogP contribution < -0.4 is 5.32 Å². The molecule has 1 saturated carbocycles. The lowest BCUT2D eigenvalue weighted by Gasteiger charge is -2.26. The Kier molecular flexibility index (Phi) is 3.31. The maximum atomic E-state index is 11.7. The van der Waals surface area contributed by atoms with Crippen molar-refractivity contribution in [2.45, 2.75) is 57.5 Å². The van der Waals surface area contributed by atoms with E-state index in [1.165, 1.54) is 25.7 Å². The van der Waals surface area contributed by atoms with Crippen LogP contribution in [0.1, 0.15) is 50.8 Å². The van der Waals surface area contributed by atoms with Gasteiger partial charge < -0.3 is 9.88 Å². The highest BCUT2D eigenvalue weighted by molar-refractivity contribution is 7.91. The Morgan fingerprint density at radius 3 is 2.70 bits per heavy atom. The van der Waals surface area contributed by atoms with Gasteiger partial charge in [-0.1, -0.05) is 12.8 Å². The van der Waals surface area contributed by atoms with Crippen LogP contribution in [0.2, 0.25) is 0 Å². The molecule has 1 aromatic rings. The molecular formula is C14H23N3O2S. The second kappa shape index (κ2) is 4.76. The number of nitrogens with one attached hydrogen (secondary N) is 1. The fourth-order valence-corrected chi connectivity index (χ4v) is 5.54. The molecule has 1 aromatic heterocycles. The number of nitrogens with zero attached hydrogens (tertiary/aromatic N) is 2. The van der Waals surface area contributed by atoms with E-state index in [9.17, 15) is 8.42 Å². The molecule has 1 aliphatic carbocycles. The number of aryl methyl sites for hydroxylation is 1. The van der Waals surface area contributed by atoms with Crippen LogP contribution >= 0.6 is 0 Å². The maximum Gasteiger partial charge on any atom is 0.203 e. The van der Waals surface area contributed by atoms with Gasteiger partial charge in [0.25, 0.3) is 0 Å². The molecule has 5 nitrogen and oxygen atoms in total. The number of anilines is 1. The predicted molar refractivity (Wildman–Crippen MR) is 79.8 cm³/mol. The highest BCUT2D eigenvalue weighted by atomic mass is 32.2. The first-order valence-electron chi connectivity index (χ1n) is 7.41. The second-order valence-corrected chi connectivity index (χ2v) is 8.76. The summed E-state index contributed by atoms with van der Waals surface area (Å²) < 4.78 is 25.7. The fraction of sp³-hybridized carbons (Fsp3) is 0.786. The van der Waals surface area contributed by atoms with Crippen LogP contribution in [0.25, 0.3) is 0 Å². The van der Waals surface area contributed by atoms with E-state index in [2.05, 4.69) is 21.1 Å². The molecule has 0 radical (unpaired) electrons. The zero-order valence-electron chi connectivity index (χ0n) is 12.2. The van der Waals surface area contributed by atoms with Gasteiger partial charge in [0.15, 0.2) is 9.84 Å². The van der Waals surface area contributed by atoms with Crippen molar-refractivity contribution >= 4 is 15.8 Å². The normalized spacial score (nSPS) is 29.9. The van der Waals surface area contributed by atoms with E-state index < -0.39 is 9.84 Å². The van der Waals surface area contributed by atoms with E-state index in [0.717, 1.165) is 11.6 Å². The van der Waals surface area contributed by atoms with Gasteiger partial charge in [0.05, 0.1) is 22.7 Å². The van der Waals surface area contributed by atoms with E-state index in [0.29, 0.717) is 12.5 Å². The Hall–Kier alpha value is -1.04. The molecule has 3 rings (SSSR count). The molecule has 1 atom stereocenters. The van der Waals surface area contributed by atoms with E-state index in [1.54, 1.807) is 0 Å². The van der Waals surface area contributed by atoms with E-state index >= 15 is 0 Å². The van der Waals surface area contributed by atoms with Crippen molar-refractivity contribution in [2.75, 3.05) is 16.8 Å². The van der Waals surface area contributed by atoms with Crippen LogP contribution in [-0.4, -0.2) is 35.0 Å². The first-order valence-corrected chi connectivity index (χ1v) is 9.23. The summed E-state index contributed by atoms with van der Waals surface area (Å²) in [5, 5.41) is 3.41. The topological polar surface area (TPSA) is 64.0 Å². The minimum absolute atomic E-state index is 0.205. The third-order valence-corrected chi connectivity index (χ3v) is 6.39. The third kappa shape index (κ3) is 2.71. The summed E-state index contributed by atoms with van der Waals surface area (Å²) in [5.74, 6) is 1.32. The number of aromatic nitrogens is 2. The van der Waals surface area contributed by atoms with Gasteiger partial charge in [0.2, 0.25) is 5.95 Å². The molecule has 6 heteroatoms. The summed E-state index contributed by atoms with van der Waals surface area (Å²) in [6.45, 7) is 3.98. The van der Waals surface area contributed by atoms with Gasteiger partial charge >= 0.3 is 0 Å². The minimum atomic E-state index is -2.90. The van der Waals surface area contributed by atoms with Crippen molar-refractivity contribution in [3.63, 3.8) is 0 Å². The lowest BCUT2D eigenvalue weighted by molar-refractivity contribution is 0.505. The predicted octanol–water partition coefficient (Wildman–Crippen LogP) is 2.30. The quantitative estimate of drug-likeness (QED) is 0.930. The van der Waals surface area contributed by atoms with Crippen molar-refractivity contribution in [3.8, 4) is 0 Å². The Labute approximate surface area is 120 Å². The van der Waals surface area contributed by atoms with Crippen molar-refractivity contribution < 1.29 is 8.42 Å². The Bertz CT molecular complexity index is 602. The third-order valence-electron chi connectivity index (χ3n) is 4.49. The van der Waals surface area contributed by atoms with E-state index in [1.807, 2.05) is 13.8 Å². The van der Waals surface area contributed by atoms with Crippen LogP contribution in [0.15, 0.2) is 6.20 Å². The first kappa shape index (κ1) is 13.9. The van der Waals surface area contributed by atoms with E-state index in [4.69, 9.17) is 0 Å². The molecule has 112 valence electrons. The summed E-state index contributed by atoms with van der Waals surface area (Å²) in [7, 11) is -2.90. The summed E-state index contributed by atoms with van der Waals surface area (Å²) >= 11 is 0. The second-order valence-electron chi connectivity index (χ2n) is 6.58. The SMILES string of the molecule is Cc1cn(C2CCCC2)c(NC2(C)CCS(=O)(=O)C2)n1. The molecule has 1 aliphatic heterocycles. The molecule has 2 fully saturated rings. The molecule has 0 bridgehead atoms. The van der Waals surface area contributed by atoms with Gasteiger partial charge in [0.1, 0.15) is 0 Å². The van der Waals surface area contributed by atoms with Crippen LogP contribution in [0.5, 0.6) is 0 Å². The Morgan fingerprint density at radius 1 is 1.40 bits per heavy atom. The van der Waals surface area contributed by atoms with Gasteiger partial charge in [-0.25, -0.2) is 13.4 Å². The molecular weight excluding hydrogens is 274 g/mol. The van der Waals surface area contributed by atoms with Crippen LogP contribution in [0.4, 0.5) is 5.95 Å². The number of sulfone groups is 1. The Balaban J connectivity index is 1.84. The van der Waals surface area contributed by atoms with Crippen LogP contribution in [0.3, 0.4) is 0 Å². The highest BCUT2D eigenvalue weighted by Gasteiger charge is 2.39. The highest BCUT2D eigenvalue weighted by Crippen LogP contribution is 2.34. The monoisotopic (exact) mass is 297 g/mol. The summed E-state index contributed by atoms with van der Waals surface area (Å²) in [6, 6.07) is 0.514. The number of hydrogen-bond acceptors (Lipinski definition) is 4.